The molecule has 0 unspecified atom stereocenters. The quantitative estimate of drug-likeness (QED) is 0.873. The van der Waals surface area contributed by atoms with Gasteiger partial charge in [0.1, 0.15) is 6.67 Å². The molecule has 1 saturated heterocycles. The van der Waals surface area contributed by atoms with Crippen LogP contribution in [0.4, 0.5) is 13.2 Å². The SMILES string of the molecule is FC[C@H](c1ccc(F)c(F)c1)N1CCNCC1. The molecule has 0 radical (unpaired) electrons. The first-order chi connectivity index (χ1) is 8.22. The van der Waals surface area contributed by atoms with Crippen LogP contribution in [0.2, 0.25) is 0 Å². The molecule has 0 spiro atoms. The van der Waals surface area contributed by atoms with E-state index in [2.05, 4.69) is 5.32 Å². The minimum Gasteiger partial charge on any atom is -0.314 e. The van der Waals surface area contributed by atoms with Gasteiger partial charge in [-0.15, -0.1) is 0 Å². The molecule has 0 bridgehead atoms. The second kappa shape index (κ2) is 5.51. The number of benzene rings is 1. The van der Waals surface area contributed by atoms with Crippen LogP contribution in [0.15, 0.2) is 18.2 Å². The maximum absolute atomic E-state index is 13.1. The van der Waals surface area contributed by atoms with Gasteiger partial charge in [-0.2, -0.15) is 0 Å². The van der Waals surface area contributed by atoms with Crippen LogP contribution >= 0.6 is 0 Å². The zero-order chi connectivity index (χ0) is 12.3. The molecule has 1 aliphatic rings. The zero-order valence-corrected chi connectivity index (χ0v) is 9.43. The van der Waals surface area contributed by atoms with E-state index in [9.17, 15) is 13.2 Å². The summed E-state index contributed by atoms with van der Waals surface area (Å²) in [6, 6.07) is 3.11. The predicted molar refractivity (Wildman–Crippen MR) is 59.5 cm³/mol. The van der Waals surface area contributed by atoms with Gasteiger partial charge in [0.25, 0.3) is 0 Å². The monoisotopic (exact) mass is 244 g/mol. The predicted octanol–water partition coefficient (Wildman–Crippen LogP) is 1.88. The first-order valence-electron chi connectivity index (χ1n) is 5.68. The highest BCUT2D eigenvalue weighted by Gasteiger charge is 2.22. The largest absolute Gasteiger partial charge is 0.314 e. The van der Waals surface area contributed by atoms with Gasteiger partial charge in [0.15, 0.2) is 11.6 Å². The Morgan fingerprint density at radius 2 is 1.88 bits per heavy atom. The summed E-state index contributed by atoms with van der Waals surface area (Å²) < 4.78 is 39.0. The summed E-state index contributed by atoms with van der Waals surface area (Å²) in [5.41, 5.74) is 0.494. The van der Waals surface area contributed by atoms with E-state index < -0.39 is 24.4 Å². The molecule has 1 atom stereocenters. The van der Waals surface area contributed by atoms with Gasteiger partial charge in [-0.25, -0.2) is 13.2 Å². The Kier molecular flexibility index (Phi) is 4.02. The van der Waals surface area contributed by atoms with E-state index in [-0.39, 0.29) is 0 Å². The highest BCUT2D eigenvalue weighted by atomic mass is 19.2. The van der Waals surface area contributed by atoms with Crippen molar-refractivity contribution in [2.75, 3.05) is 32.9 Å². The lowest BCUT2D eigenvalue weighted by Gasteiger charge is -2.33. The fraction of sp³-hybridized carbons (Fsp3) is 0.500. The van der Waals surface area contributed by atoms with Crippen molar-refractivity contribution in [2.45, 2.75) is 6.04 Å². The van der Waals surface area contributed by atoms with Crippen LogP contribution in [-0.4, -0.2) is 37.8 Å². The molecule has 1 aromatic carbocycles. The molecule has 0 saturated carbocycles. The van der Waals surface area contributed by atoms with Gasteiger partial charge in [0.05, 0.1) is 6.04 Å². The minimum absolute atomic E-state index is 0.479. The van der Waals surface area contributed by atoms with Gasteiger partial charge in [-0.05, 0) is 17.7 Å². The Morgan fingerprint density at radius 1 is 1.18 bits per heavy atom. The molecule has 2 nitrogen and oxygen atoms in total. The Balaban J connectivity index is 2.18. The Hall–Kier alpha value is -1.07. The third kappa shape index (κ3) is 2.79. The second-order valence-electron chi connectivity index (χ2n) is 4.13. The number of piperazine rings is 1. The third-order valence-electron chi connectivity index (χ3n) is 3.07. The summed E-state index contributed by atoms with van der Waals surface area (Å²) in [5, 5.41) is 3.17. The van der Waals surface area contributed by atoms with Crippen molar-refractivity contribution in [3.63, 3.8) is 0 Å². The summed E-state index contributed by atoms with van der Waals surface area (Å²) in [7, 11) is 0. The summed E-state index contributed by atoms with van der Waals surface area (Å²) in [5.74, 6) is -1.82. The highest BCUT2D eigenvalue weighted by Crippen LogP contribution is 2.23. The highest BCUT2D eigenvalue weighted by molar-refractivity contribution is 5.21. The molecule has 2 rings (SSSR count). The van der Waals surface area contributed by atoms with Crippen LogP contribution in [0.5, 0.6) is 0 Å². The summed E-state index contributed by atoms with van der Waals surface area (Å²) in [6.45, 7) is 2.42. The molecule has 1 fully saturated rings. The normalized spacial score (nSPS) is 19.2. The molecule has 17 heavy (non-hydrogen) atoms. The molecule has 1 heterocycles. The first-order valence-corrected chi connectivity index (χ1v) is 5.68. The molecule has 1 aliphatic heterocycles. The van der Waals surface area contributed by atoms with Crippen LogP contribution < -0.4 is 5.32 Å². The van der Waals surface area contributed by atoms with Gasteiger partial charge in [-0.3, -0.25) is 4.90 Å². The van der Waals surface area contributed by atoms with Crippen molar-refractivity contribution in [1.82, 2.24) is 10.2 Å². The molecular formula is C12H15F3N2. The van der Waals surface area contributed by atoms with E-state index in [1.54, 1.807) is 0 Å². The lowest BCUT2D eigenvalue weighted by atomic mass is 10.1. The van der Waals surface area contributed by atoms with E-state index in [0.717, 1.165) is 25.2 Å². The lowest BCUT2D eigenvalue weighted by molar-refractivity contribution is 0.147. The van der Waals surface area contributed by atoms with E-state index in [0.29, 0.717) is 18.7 Å². The summed E-state index contributed by atoms with van der Waals surface area (Å²) >= 11 is 0. The molecule has 1 aromatic rings. The van der Waals surface area contributed by atoms with E-state index in [1.807, 2.05) is 4.90 Å². The Morgan fingerprint density at radius 3 is 2.47 bits per heavy atom. The number of alkyl halides is 1. The van der Waals surface area contributed by atoms with E-state index >= 15 is 0 Å². The van der Waals surface area contributed by atoms with Gasteiger partial charge in [-0.1, -0.05) is 6.07 Å². The number of hydrogen-bond acceptors (Lipinski definition) is 2. The minimum atomic E-state index is -0.920. The topological polar surface area (TPSA) is 15.3 Å². The maximum atomic E-state index is 13.1. The molecule has 5 heteroatoms. The smallest absolute Gasteiger partial charge is 0.159 e. The number of nitrogens with one attached hydrogen (secondary N) is 1. The van der Waals surface area contributed by atoms with Crippen molar-refractivity contribution in [3.05, 3.63) is 35.4 Å². The van der Waals surface area contributed by atoms with Crippen molar-refractivity contribution < 1.29 is 13.2 Å². The molecular weight excluding hydrogens is 229 g/mol. The molecule has 1 N–H and O–H groups in total. The van der Waals surface area contributed by atoms with Crippen molar-refractivity contribution in [3.8, 4) is 0 Å². The fourth-order valence-electron chi connectivity index (χ4n) is 2.11. The second-order valence-corrected chi connectivity index (χ2v) is 4.13. The average molecular weight is 244 g/mol. The molecule has 94 valence electrons. The lowest BCUT2D eigenvalue weighted by Crippen LogP contribution is -2.45. The average Bonchev–Trinajstić information content (AvgIpc) is 2.36. The van der Waals surface area contributed by atoms with Crippen LogP contribution in [-0.2, 0) is 0 Å². The van der Waals surface area contributed by atoms with Crippen LogP contribution in [0.25, 0.3) is 0 Å². The van der Waals surface area contributed by atoms with Gasteiger partial charge < -0.3 is 5.32 Å². The number of halogens is 3. The number of nitrogens with zero attached hydrogens (tertiary/aromatic N) is 1. The van der Waals surface area contributed by atoms with Crippen LogP contribution in [0, 0.1) is 11.6 Å². The van der Waals surface area contributed by atoms with Crippen molar-refractivity contribution in [1.29, 1.82) is 0 Å². The van der Waals surface area contributed by atoms with Crippen LogP contribution in [0.3, 0.4) is 0 Å². The molecule has 0 amide bonds. The van der Waals surface area contributed by atoms with Crippen molar-refractivity contribution in [2.24, 2.45) is 0 Å². The summed E-state index contributed by atoms with van der Waals surface area (Å²) in [4.78, 5) is 1.95. The number of rotatable bonds is 3. The fourth-order valence-corrected chi connectivity index (χ4v) is 2.11. The Labute approximate surface area is 98.4 Å². The third-order valence-corrected chi connectivity index (χ3v) is 3.07. The van der Waals surface area contributed by atoms with Gasteiger partial charge >= 0.3 is 0 Å². The van der Waals surface area contributed by atoms with E-state index in [4.69, 9.17) is 0 Å². The maximum Gasteiger partial charge on any atom is 0.159 e. The first kappa shape index (κ1) is 12.4. The molecule has 0 aromatic heterocycles. The number of hydrogen-bond donors (Lipinski definition) is 1. The van der Waals surface area contributed by atoms with Crippen molar-refractivity contribution >= 4 is 0 Å². The van der Waals surface area contributed by atoms with Crippen LogP contribution in [0.1, 0.15) is 11.6 Å². The van der Waals surface area contributed by atoms with E-state index in [1.165, 1.54) is 6.07 Å². The molecule has 0 aliphatic carbocycles. The van der Waals surface area contributed by atoms with Gasteiger partial charge in [0.2, 0.25) is 0 Å². The van der Waals surface area contributed by atoms with Gasteiger partial charge in [0, 0.05) is 26.2 Å². The Bertz CT molecular complexity index is 378. The zero-order valence-electron chi connectivity index (χ0n) is 9.43. The standard InChI is InChI=1S/C12H15F3N2/c13-8-12(17-5-3-16-4-6-17)9-1-2-10(14)11(15)7-9/h1-2,7,12,16H,3-6,8H2/t12-/m1/s1. The summed E-state index contributed by atoms with van der Waals surface area (Å²) in [6.07, 6.45) is 0.